The quantitative estimate of drug-likeness (QED) is 0.181. The van der Waals surface area contributed by atoms with E-state index >= 15 is 0 Å². The third kappa shape index (κ3) is 4.09. The summed E-state index contributed by atoms with van der Waals surface area (Å²) in [6.45, 7) is 0. The van der Waals surface area contributed by atoms with Crippen LogP contribution in [-0.2, 0) is 0 Å². The first-order valence-corrected chi connectivity index (χ1v) is 19.2. The first-order chi connectivity index (χ1) is 28.3. The Bertz CT molecular complexity index is 3540. The highest BCUT2D eigenvalue weighted by molar-refractivity contribution is 6.27. The fourth-order valence-electron chi connectivity index (χ4n) is 9.41. The van der Waals surface area contributed by atoms with Crippen molar-refractivity contribution >= 4 is 81.8 Å². The lowest BCUT2D eigenvalue weighted by Gasteiger charge is -2.15. The normalized spacial score (nSPS) is 12.2. The summed E-state index contributed by atoms with van der Waals surface area (Å²) in [5, 5.41) is 9.29. The second-order valence-electron chi connectivity index (χ2n) is 14.7. The first kappa shape index (κ1) is 30.4. The molecule has 0 aliphatic carbocycles. The van der Waals surface area contributed by atoms with Gasteiger partial charge in [-0.05, 0) is 53.6 Å². The first-order valence-electron chi connectivity index (χ1n) is 19.2. The lowest BCUT2D eigenvalue weighted by Crippen LogP contribution is -2.10. The number of hydrogen-bond acceptors (Lipinski definition) is 4. The van der Waals surface area contributed by atoms with Gasteiger partial charge in [0.25, 0.3) is 0 Å². The van der Waals surface area contributed by atoms with Crippen LogP contribution in [0.3, 0.4) is 0 Å². The molecule has 0 spiro atoms. The van der Waals surface area contributed by atoms with Crippen molar-refractivity contribution in [2.75, 3.05) is 0 Å². The zero-order chi connectivity index (χ0) is 37.2. The van der Waals surface area contributed by atoms with E-state index in [2.05, 4.69) is 177 Å². The van der Waals surface area contributed by atoms with Crippen LogP contribution in [-0.4, -0.2) is 33.5 Å². The van der Waals surface area contributed by atoms with Gasteiger partial charge < -0.3 is 0 Å². The van der Waals surface area contributed by atoms with Crippen LogP contribution in [0, 0.1) is 0 Å². The molecule has 0 radical (unpaired) electrons. The molecule has 0 saturated heterocycles. The molecular formula is C50H29N7. The number of fused-ring (bicyclic) bond motifs is 12. The third-order valence-corrected chi connectivity index (χ3v) is 11.7. The van der Waals surface area contributed by atoms with Gasteiger partial charge in [-0.25, -0.2) is 4.98 Å². The third-order valence-electron chi connectivity index (χ3n) is 11.7. The van der Waals surface area contributed by atoms with Gasteiger partial charge in [0.15, 0.2) is 5.82 Å². The summed E-state index contributed by atoms with van der Waals surface area (Å²) in [4.78, 5) is 21.1. The van der Waals surface area contributed by atoms with Crippen LogP contribution in [0.4, 0.5) is 0 Å². The van der Waals surface area contributed by atoms with Crippen LogP contribution in [0.2, 0.25) is 0 Å². The van der Waals surface area contributed by atoms with Crippen LogP contribution in [0.5, 0.6) is 0 Å². The highest BCUT2D eigenvalue weighted by Gasteiger charge is 2.25. The molecule has 0 bridgehead atoms. The zero-order valence-electron chi connectivity index (χ0n) is 30.4. The van der Waals surface area contributed by atoms with Crippen LogP contribution in [0.25, 0.3) is 116 Å². The molecule has 0 saturated carbocycles. The number of nitrogens with zero attached hydrogens (tertiary/aromatic N) is 7. The minimum Gasteiger partial charge on any atom is -0.293 e. The number of rotatable bonds is 4. The largest absolute Gasteiger partial charge is 0.293 e. The summed E-state index contributed by atoms with van der Waals surface area (Å²) in [5.74, 6) is 1.70. The van der Waals surface area contributed by atoms with Gasteiger partial charge >= 0.3 is 0 Å². The van der Waals surface area contributed by atoms with Crippen LogP contribution in [0.1, 0.15) is 0 Å². The van der Waals surface area contributed by atoms with Crippen molar-refractivity contribution in [1.82, 2.24) is 33.5 Å². The van der Waals surface area contributed by atoms with Crippen molar-refractivity contribution in [1.29, 1.82) is 0 Å². The summed E-state index contributed by atoms with van der Waals surface area (Å²) in [7, 11) is 0. The van der Waals surface area contributed by atoms with Crippen molar-refractivity contribution < 1.29 is 0 Å². The Morgan fingerprint density at radius 3 is 1.39 bits per heavy atom. The Morgan fingerprint density at radius 2 is 0.807 bits per heavy atom. The average molecular weight is 728 g/mol. The Kier molecular flexibility index (Phi) is 6.04. The molecule has 13 aromatic rings. The van der Waals surface area contributed by atoms with E-state index in [1.807, 2.05) is 12.3 Å². The molecule has 7 aromatic carbocycles. The summed E-state index contributed by atoms with van der Waals surface area (Å²) in [5.41, 5.74) is 10.5. The maximum Gasteiger partial charge on any atom is 0.240 e. The molecule has 0 N–H and O–H groups in total. The Hall–Kier alpha value is -7.90. The van der Waals surface area contributed by atoms with Crippen LogP contribution >= 0.6 is 0 Å². The van der Waals surface area contributed by atoms with Gasteiger partial charge in [0.05, 0.1) is 33.1 Å². The molecule has 0 fully saturated rings. The van der Waals surface area contributed by atoms with Gasteiger partial charge in [-0.1, -0.05) is 127 Å². The minimum atomic E-state index is 0.556. The molecule has 6 heterocycles. The fourth-order valence-corrected chi connectivity index (χ4v) is 9.41. The van der Waals surface area contributed by atoms with Gasteiger partial charge in [-0.3, -0.25) is 13.5 Å². The minimum absolute atomic E-state index is 0.556. The van der Waals surface area contributed by atoms with Gasteiger partial charge in [0.2, 0.25) is 11.9 Å². The van der Waals surface area contributed by atoms with Crippen molar-refractivity contribution in [3.05, 3.63) is 176 Å². The fraction of sp³-hybridized carbons (Fsp3) is 0. The number of aromatic nitrogens is 7. The second kappa shape index (κ2) is 11.3. The molecule has 0 aliphatic heterocycles. The average Bonchev–Trinajstić information content (AvgIpc) is 4.01. The van der Waals surface area contributed by atoms with Crippen LogP contribution < -0.4 is 0 Å². The smallest absolute Gasteiger partial charge is 0.240 e. The number of hydrogen-bond donors (Lipinski definition) is 0. The Labute approximate surface area is 324 Å². The lowest BCUT2D eigenvalue weighted by atomic mass is 9.94. The van der Waals surface area contributed by atoms with Crippen molar-refractivity contribution in [2.45, 2.75) is 0 Å². The highest BCUT2D eigenvalue weighted by Crippen LogP contribution is 2.45. The summed E-state index contributed by atoms with van der Waals surface area (Å²) < 4.78 is 6.69. The topological polar surface area (TPSA) is 65.8 Å². The zero-order valence-corrected chi connectivity index (χ0v) is 30.4. The summed E-state index contributed by atoms with van der Waals surface area (Å²) in [6, 6.07) is 59.8. The van der Waals surface area contributed by atoms with Crippen molar-refractivity contribution in [3.8, 4) is 34.4 Å². The molecule has 0 atom stereocenters. The number of benzene rings is 7. The highest BCUT2D eigenvalue weighted by atomic mass is 15.3. The van der Waals surface area contributed by atoms with Gasteiger partial charge in [-0.15, -0.1) is 0 Å². The van der Waals surface area contributed by atoms with E-state index in [4.69, 9.17) is 19.9 Å². The second-order valence-corrected chi connectivity index (χ2v) is 14.7. The maximum atomic E-state index is 5.42. The number of pyridine rings is 1. The van der Waals surface area contributed by atoms with Crippen molar-refractivity contribution in [3.63, 3.8) is 0 Å². The molecule has 7 nitrogen and oxygen atoms in total. The van der Waals surface area contributed by atoms with E-state index in [0.717, 1.165) is 76.9 Å². The van der Waals surface area contributed by atoms with E-state index in [9.17, 15) is 0 Å². The van der Waals surface area contributed by atoms with Gasteiger partial charge in [0.1, 0.15) is 5.65 Å². The Morgan fingerprint density at radius 1 is 0.333 bits per heavy atom. The molecule has 7 heteroatoms. The molecular weight excluding hydrogens is 699 g/mol. The predicted octanol–water partition coefficient (Wildman–Crippen LogP) is 11.9. The van der Waals surface area contributed by atoms with Crippen LogP contribution in [0.15, 0.2) is 176 Å². The van der Waals surface area contributed by atoms with Gasteiger partial charge in [-0.2, -0.15) is 15.0 Å². The summed E-state index contributed by atoms with van der Waals surface area (Å²) in [6.07, 6.45) is 1.88. The molecule has 264 valence electrons. The molecule has 0 amide bonds. The Balaban J connectivity index is 1.15. The monoisotopic (exact) mass is 727 g/mol. The number of para-hydroxylation sites is 5. The molecule has 0 aliphatic rings. The molecule has 13 rings (SSSR count). The molecule has 57 heavy (non-hydrogen) atoms. The van der Waals surface area contributed by atoms with Crippen molar-refractivity contribution in [2.24, 2.45) is 0 Å². The van der Waals surface area contributed by atoms with E-state index < -0.39 is 0 Å². The van der Waals surface area contributed by atoms with E-state index in [1.54, 1.807) is 0 Å². The van der Waals surface area contributed by atoms with E-state index in [-0.39, 0.29) is 0 Å². The maximum absolute atomic E-state index is 5.42. The molecule has 0 unspecified atom stereocenters. The van der Waals surface area contributed by atoms with E-state index in [0.29, 0.717) is 17.7 Å². The molecule has 6 aromatic heterocycles. The van der Waals surface area contributed by atoms with E-state index in [1.165, 1.54) is 21.7 Å². The standard InChI is InChI=1S/C50H29N7/c1-2-19-37(30(14-1)35-27-28-36-38-21-13-29-51-48(38)57-44-26-12-7-20-39(44)45(35)46(36)57)47-52-49(55-40-22-8-3-15-31(40)32-16-4-9-23-41(32)55)54-50(53-47)56-42-24-10-5-17-33(42)34-18-6-11-25-43(34)56/h1-29H. The SMILES string of the molecule is c1ccc(-c2ccc3c4cccnc4n4c5ccccc5c2c34)c(-c2nc(-n3c4ccccc4c4ccccc43)nc(-n3c4ccccc4c4ccccc43)n2)c1. The summed E-state index contributed by atoms with van der Waals surface area (Å²) >= 11 is 0. The van der Waals surface area contributed by atoms with Gasteiger partial charge in [0, 0.05) is 54.9 Å². The predicted molar refractivity (Wildman–Crippen MR) is 232 cm³/mol. The lowest BCUT2D eigenvalue weighted by molar-refractivity contribution is 0.893.